The predicted molar refractivity (Wildman–Crippen MR) is 70.5 cm³/mol. The summed E-state index contributed by atoms with van der Waals surface area (Å²) < 4.78 is 0. The molecule has 1 heterocycles. The van der Waals surface area contributed by atoms with Gasteiger partial charge in [0.25, 0.3) is 0 Å². The summed E-state index contributed by atoms with van der Waals surface area (Å²) in [7, 11) is 0. The topological polar surface area (TPSA) is 29.3 Å². The van der Waals surface area contributed by atoms with Gasteiger partial charge in [0.2, 0.25) is 0 Å². The molecule has 1 aliphatic rings. The first-order chi connectivity index (χ1) is 7.48. The van der Waals surface area contributed by atoms with E-state index < -0.39 is 0 Å². The van der Waals surface area contributed by atoms with Crippen LogP contribution in [-0.4, -0.2) is 18.6 Å². The molecule has 2 N–H and O–H groups in total. The largest absolute Gasteiger partial charge is 0.370 e. The van der Waals surface area contributed by atoms with E-state index in [4.69, 9.17) is 28.9 Å². The third-order valence-electron chi connectivity index (χ3n) is 3.15. The minimum Gasteiger partial charge on any atom is -0.370 e. The molecule has 1 fully saturated rings. The molecule has 1 aromatic rings. The van der Waals surface area contributed by atoms with Gasteiger partial charge in [0, 0.05) is 23.7 Å². The van der Waals surface area contributed by atoms with E-state index in [1.165, 1.54) is 0 Å². The second-order valence-electron chi connectivity index (χ2n) is 4.74. The van der Waals surface area contributed by atoms with E-state index in [9.17, 15) is 0 Å². The van der Waals surface area contributed by atoms with Crippen LogP contribution in [0, 0.1) is 0 Å². The van der Waals surface area contributed by atoms with Crippen LogP contribution in [0.25, 0.3) is 0 Å². The zero-order chi connectivity index (χ0) is 11.8. The maximum atomic E-state index is 6.17. The fraction of sp³-hybridized carbons (Fsp3) is 0.500. The summed E-state index contributed by atoms with van der Waals surface area (Å²) in [5.41, 5.74) is 7.08. The summed E-state index contributed by atoms with van der Waals surface area (Å²) in [6.07, 6.45) is 1.96. The first-order valence-electron chi connectivity index (χ1n) is 5.47. The van der Waals surface area contributed by atoms with E-state index in [1.807, 2.05) is 18.2 Å². The van der Waals surface area contributed by atoms with Crippen molar-refractivity contribution in [3.8, 4) is 0 Å². The molecule has 0 aromatic heterocycles. The molecular weight excluding hydrogens is 243 g/mol. The smallest absolute Gasteiger partial charge is 0.0640 e. The SMILES string of the molecule is CC1(N)CCN(c2cc(Cl)ccc2Cl)CC1. The number of anilines is 1. The van der Waals surface area contributed by atoms with Crippen molar-refractivity contribution in [1.82, 2.24) is 0 Å². The molecule has 1 aliphatic heterocycles. The molecule has 88 valence electrons. The van der Waals surface area contributed by atoms with Gasteiger partial charge < -0.3 is 10.6 Å². The van der Waals surface area contributed by atoms with Crippen LogP contribution in [0.3, 0.4) is 0 Å². The lowest BCUT2D eigenvalue weighted by atomic mass is 9.91. The molecule has 2 rings (SSSR count). The van der Waals surface area contributed by atoms with Crippen molar-refractivity contribution >= 4 is 28.9 Å². The lowest BCUT2D eigenvalue weighted by Gasteiger charge is -2.38. The maximum Gasteiger partial charge on any atom is 0.0640 e. The Labute approximate surface area is 106 Å². The number of nitrogens with two attached hydrogens (primary N) is 1. The van der Waals surface area contributed by atoms with Crippen molar-refractivity contribution in [3.63, 3.8) is 0 Å². The van der Waals surface area contributed by atoms with Gasteiger partial charge in [-0.15, -0.1) is 0 Å². The van der Waals surface area contributed by atoms with Gasteiger partial charge in [0.15, 0.2) is 0 Å². The molecule has 16 heavy (non-hydrogen) atoms. The highest BCUT2D eigenvalue weighted by atomic mass is 35.5. The molecule has 0 bridgehead atoms. The summed E-state index contributed by atoms with van der Waals surface area (Å²) in [5.74, 6) is 0. The van der Waals surface area contributed by atoms with Crippen LogP contribution < -0.4 is 10.6 Å². The van der Waals surface area contributed by atoms with E-state index in [1.54, 1.807) is 0 Å². The summed E-state index contributed by atoms with van der Waals surface area (Å²) in [6, 6.07) is 5.57. The first kappa shape index (κ1) is 12.0. The van der Waals surface area contributed by atoms with E-state index in [0.717, 1.165) is 41.7 Å². The molecule has 0 unspecified atom stereocenters. The molecule has 1 saturated heterocycles. The number of piperidine rings is 1. The summed E-state index contributed by atoms with van der Waals surface area (Å²) >= 11 is 12.2. The molecule has 1 aromatic carbocycles. The van der Waals surface area contributed by atoms with Crippen LogP contribution in [0.4, 0.5) is 5.69 Å². The Bertz CT molecular complexity index is 381. The Balaban J connectivity index is 2.17. The van der Waals surface area contributed by atoms with Gasteiger partial charge in [-0.1, -0.05) is 23.2 Å². The highest BCUT2D eigenvalue weighted by molar-refractivity contribution is 6.35. The molecule has 0 aliphatic carbocycles. The van der Waals surface area contributed by atoms with Crippen molar-refractivity contribution < 1.29 is 0 Å². The van der Waals surface area contributed by atoms with Gasteiger partial charge in [-0.05, 0) is 38.0 Å². The molecule has 0 saturated carbocycles. The van der Waals surface area contributed by atoms with Crippen molar-refractivity contribution in [3.05, 3.63) is 28.2 Å². The van der Waals surface area contributed by atoms with Gasteiger partial charge in [-0.2, -0.15) is 0 Å². The predicted octanol–water partition coefficient (Wildman–Crippen LogP) is 3.31. The van der Waals surface area contributed by atoms with Crippen molar-refractivity contribution in [2.24, 2.45) is 5.73 Å². The fourth-order valence-corrected chi connectivity index (χ4v) is 2.39. The Kier molecular flexibility index (Phi) is 3.34. The van der Waals surface area contributed by atoms with Crippen LogP contribution in [0.1, 0.15) is 19.8 Å². The Morgan fingerprint density at radius 2 is 1.88 bits per heavy atom. The fourth-order valence-electron chi connectivity index (χ4n) is 1.99. The minimum absolute atomic E-state index is 0.0401. The zero-order valence-corrected chi connectivity index (χ0v) is 10.9. The summed E-state index contributed by atoms with van der Waals surface area (Å²) in [5, 5.41) is 1.48. The molecule has 0 radical (unpaired) electrons. The van der Waals surface area contributed by atoms with Gasteiger partial charge in [0.1, 0.15) is 0 Å². The van der Waals surface area contributed by atoms with Crippen LogP contribution in [0.15, 0.2) is 18.2 Å². The monoisotopic (exact) mass is 258 g/mol. The molecule has 0 spiro atoms. The Hall–Kier alpha value is -0.440. The second kappa shape index (κ2) is 4.44. The molecular formula is C12H16Cl2N2. The average molecular weight is 259 g/mol. The molecule has 2 nitrogen and oxygen atoms in total. The zero-order valence-electron chi connectivity index (χ0n) is 9.34. The van der Waals surface area contributed by atoms with E-state index in [2.05, 4.69) is 11.8 Å². The van der Waals surface area contributed by atoms with Gasteiger partial charge in [-0.25, -0.2) is 0 Å². The van der Waals surface area contributed by atoms with Crippen molar-refractivity contribution in [2.45, 2.75) is 25.3 Å². The van der Waals surface area contributed by atoms with Gasteiger partial charge >= 0.3 is 0 Å². The number of halogens is 2. The molecule has 4 heteroatoms. The lowest BCUT2D eigenvalue weighted by molar-refractivity contribution is 0.364. The second-order valence-corrected chi connectivity index (χ2v) is 5.58. The van der Waals surface area contributed by atoms with Crippen LogP contribution in [0.5, 0.6) is 0 Å². The Morgan fingerprint density at radius 1 is 1.25 bits per heavy atom. The highest BCUT2D eigenvalue weighted by Crippen LogP contribution is 2.32. The number of nitrogens with zero attached hydrogens (tertiary/aromatic N) is 1. The van der Waals surface area contributed by atoms with E-state index in [0.29, 0.717) is 0 Å². The third kappa shape index (κ3) is 2.62. The number of benzene rings is 1. The van der Waals surface area contributed by atoms with Crippen molar-refractivity contribution in [1.29, 1.82) is 0 Å². The number of hydrogen-bond donors (Lipinski definition) is 1. The average Bonchev–Trinajstić information content (AvgIpc) is 2.22. The minimum atomic E-state index is -0.0401. The normalized spacial score (nSPS) is 19.9. The maximum absolute atomic E-state index is 6.17. The van der Waals surface area contributed by atoms with Crippen LogP contribution in [0.2, 0.25) is 10.0 Å². The standard InChI is InChI=1S/C12H16Cl2N2/c1-12(15)4-6-16(7-5-12)11-8-9(13)2-3-10(11)14/h2-3,8H,4-7,15H2,1H3. The summed E-state index contributed by atoms with van der Waals surface area (Å²) in [6.45, 7) is 3.98. The third-order valence-corrected chi connectivity index (χ3v) is 3.71. The number of hydrogen-bond acceptors (Lipinski definition) is 2. The van der Waals surface area contributed by atoms with E-state index in [-0.39, 0.29) is 5.54 Å². The van der Waals surface area contributed by atoms with E-state index >= 15 is 0 Å². The molecule has 0 amide bonds. The summed E-state index contributed by atoms with van der Waals surface area (Å²) in [4.78, 5) is 2.25. The van der Waals surface area contributed by atoms with Gasteiger partial charge in [-0.3, -0.25) is 0 Å². The highest BCUT2D eigenvalue weighted by Gasteiger charge is 2.26. The lowest BCUT2D eigenvalue weighted by Crippen LogP contribution is -2.48. The van der Waals surface area contributed by atoms with Crippen molar-refractivity contribution in [2.75, 3.05) is 18.0 Å². The first-order valence-corrected chi connectivity index (χ1v) is 6.22. The quantitative estimate of drug-likeness (QED) is 0.838. The number of rotatable bonds is 1. The molecule has 0 atom stereocenters. The van der Waals surface area contributed by atoms with Gasteiger partial charge in [0.05, 0.1) is 10.7 Å². The van der Waals surface area contributed by atoms with Crippen LogP contribution >= 0.6 is 23.2 Å². The van der Waals surface area contributed by atoms with Crippen LogP contribution in [-0.2, 0) is 0 Å². The Morgan fingerprint density at radius 3 is 2.50 bits per heavy atom.